The third kappa shape index (κ3) is 4.11. The molecule has 250 valence electrons. The van der Waals surface area contributed by atoms with Gasteiger partial charge in [0.1, 0.15) is 0 Å². The molecule has 2 heteroatoms. The van der Waals surface area contributed by atoms with Gasteiger partial charge in [-0.25, -0.2) is 0 Å². The first-order valence-electron chi connectivity index (χ1n) is 18.7. The van der Waals surface area contributed by atoms with Crippen molar-refractivity contribution in [2.75, 3.05) is 0 Å². The molecule has 2 nitrogen and oxygen atoms in total. The molecular weight excluding hydrogens is 653 g/mol. The van der Waals surface area contributed by atoms with Gasteiger partial charge in [-0.05, 0) is 97.4 Å². The summed E-state index contributed by atoms with van der Waals surface area (Å²) in [6.45, 7) is 0. The first-order chi connectivity index (χ1) is 26.8. The first-order valence-corrected chi connectivity index (χ1v) is 18.7. The maximum absolute atomic E-state index is 2.50. The Hall–Kier alpha value is -7.16. The van der Waals surface area contributed by atoms with E-state index in [-0.39, 0.29) is 0 Å². The van der Waals surface area contributed by atoms with Crippen LogP contribution in [0.5, 0.6) is 0 Å². The summed E-state index contributed by atoms with van der Waals surface area (Å²) in [6.07, 6.45) is 0. The molecule has 54 heavy (non-hydrogen) atoms. The highest BCUT2D eigenvalue weighted by atomic mass is 15.0. The minimum Gasteiger partial charge on any atom is -0.309 e. The number of aromatic nitrogens is 2. The predicted octanol–water partition coefficient (Wildman–Crippen LogP) is 14.2. The van der Waals surface area contributed by atoms with Crippen molar-refractivity contribution in [1.29, 1.82) is 0 Å². The Morgan fingerprint density at radius 3 is 1.50 bits per heavy atom. The zero-order valence-electron chi connectivity index (χ0n) is 29.4. The summed E-state index contributed by atoms with van der Waals surface area (Å²) in [4.78, 5) is 0. The van der Waals surface area contributed by atoms with Crippen LogP contribution in [0.15, 0.2) is 194 Å². The van der Waals surface area contributed by atoms with Gasteiger partial charge in [0.05, 0.1) is 22.1 Å². The maximum Gasteiger partial charge on any atom is 0.0619 e. The topological polar surface area (TPSA) is 9.86 Å². The van der Waals surface area contributed by atoms with Crippen LogP contribution in [-0.2, 0) is 0 Å². The fourth-order valence-corrected chi connectivity index (χ4v) is 9.25. The van der Waals surface area contributed by atoms with E-state index < -0.39 is 0 Å². The van der Waals surface area contributed by atoms with Gasteiger partial charge >= 0.3 is 0 Å². The first kappa shape index (κ1) is 29.4. The van der Waals surface area contributed by atoms with Gasteiger partial charge in [0.25, 0.3) is 0 Å². The zero-order valence-corrected chi connectivity index (χ0v) is 29.4. The molecule has 0 unspecified atom stereocenters. The number of fused-ring (bicyclic) bond motifs is 14. The molecule has 12 rings (SSSR count). The molecule has 0 aliphatic carbocycles. The van der Waals surface area contributed by atoms with E-state index in [1.165, 1.54) is 104 Å². The fraction of sp³-hybridized carbons (Fsp3) is 0. The smallest absolute Gasteiger partial charge is 0.0619 e. The normalized spacial score (nSPS) is 12.1. The molecule has 0 amide bonds. The Morgan fingerprint density at radius 1 is 0.241 bits per heavy atom. The summed E-state index contributed by atoms with van der Waals surface area (Å²) in [6, 6.07) is 71.5. The molecule has 0 spiro atoms. The molecule has 12 aromatic rings. The molecular formula is C52H32N2. The second kappa shape index (κ2) is 11.2. The third-order valence-electron chi connectivity index (χ3n) is 11.7. The summed E-state index contributed by atoms with van der Waals surface area (Å²) in [5.41, 5.74) is 9.61. The van der Waals surface area contributed by atoms with Crippen molar-refractivity contribution in [2.24, 2.45) is 0 Å². The summed E-state index contributed by atoms with van der Waals surface area (Å²) >= 11 is 0. The van der Waals surface area contributed by atoms with Gasteiger partial charge in [-0.15, -0.1) is 0 Å². The van der Waals surface area contributed by atoms with Gasteiger partial charge in [-0.3, -0.25) is 0 Å². The van der Waals surface area contributed by atoms with Crippen LogP contribution in [0.4, 0.5) is 0 Å². The van der Waals surface area contributed by atoms with E-state index in [4.69, 9.17) is 0 Å². The Bertz CT molecular complexity index is 3470. The summed E-state index contributed by atoms with van der Waals surface area (Å²) < 4.78 is 4.89. The van der Waals surface area contributed by atoms with E-state index >= 15 is 0 Å². The maximum atomic E-state index is 2.50. The molecule has 0 radical (unpaired) electrons. The Morgan fingerprint density at radius 2 is 0.759 bits per heavy atom. The number of hydrogen-bond donors (Lipinski definition) is 0. The average molecular weight is 685 g/mol. The Balaban J connectivity index is 1.10. The molecule has 10 aromatic carbocycles. The summed E-state index contributed by atoms with van der Waals surface area (Å²) in [5, 5.41) is 15.3. The molecule has 0 atom stereocenters. The van der Waals surface area contributed by atoms with Crippen LogP contribution >= 0.6 is 0 Å². The zero-order chi connectivity index (χ0) is 35.3. The number of rotatable bonds is 3. The molecule has 2 aromatic heterocycles. The van der Waals surface area contributed by atoms with Crippen molar-refractivity contribution < 1.29 is 0 Å². The van der Waals surface area contributed by atoms with Gasteiger partial charge in [0.15, 0.2) is 0 Å². The van der Waals surface area contributed by atoms with Gasteiger partial charge in [-0.2, -0.15) is 0 Å². The van der Waals surface area contributed by atoms with Crippen LogP contribution < -0.4 is 0 Å². The largest absolute Gasteiger partial charge is 0.309 e. The minimum atomic E-state index is 1.15. The van der Waals surface area contributed by atoms with Crippen LogP contribution in [0.25, 0.3) is 109 Å². The molecule has 0 aliphatic rings. The van der Waals surface area contributed by atoms with Crippen molar-refractivity contribution in [1.82, 2.24) is 9.13 Å². The molecule has 0 bridgehead atoms. The molecule has 0 aliphatic heterocycles. The van der Waals surface area contributed by atoms with Gasteiger partial charge in [0, 0.05) is 38.3 Å². The number of para-hydroxylation sites is 2. The van der Waals surface area contributed by atoms with Gasteiger partial charge in [-0.1, -0.05) is 146 Å². The number of hydrogen-bond acceptors (Lipinski definition) is 0. The van der Waals surface area contributed by atoms with Crippen molar-refractivity contribution in [3.63, 3.8) is 0 Å². The lowest BCUT2D eigenvalue weighted by molar-refractivity contribution is 1.18. The molecule has 0 saturated heterocycles. The van der Waals surface area contributed by atoms with Crippen LogP contribution in [0.2, 0.25) is 0 Å². The monoisotopic (exact) mass is 684 g/mol. The van der Waals surface area contributed by atoms with Crippen LogP contribution in [0, 0.1) is 0 Å². The van der Waals surface area contributed by atoms with Gasteiger partial charge < -0.3 is 9.13 Å². The third-order valence-corrected chi connectivity index (χ3v) is 11.7. The quantitative estimate of drug-likeness (QED) is 0.164. The highest BCUT2D eigenvalue weighted by Gasteiger charge is 2.19. The van der Waals surface area contributed by atoms with E-state index in [0.29, 0.717) is 0 Å². The highest BCUT2D eigenvalue weighted by molar-refractivity contribution is 6.30. The van der Waals surface area contributed by atoms with Crippen molar-refractivity contribution in [3.05, 3.63) is 194 Å². The Labute approximate surface area is 311 Å². The summed E-state index contributed by atoms with van der Waals surface area (Å²) in [7, 11) is 0. The molecule has 0 saturated carbocycles. The van der Waals surface area contributed by atoms with Crippen LogP contribution in [0.3, 0.4) is 0 Å². The second-order valence-electron chi connectivity index (χ2n) is 14.5. The van der Waals surface area contributed by atoms with Crippen molar-refractivity contribution in [2.45, 2.75) is 0 Å². The highest BCUT2D eigenvalue weighted by Crippen LogP contribution is 2.43. The fourth-order valence-electron chi connectivity index (χ4n) is 9.25. The van der Waals surface area contributed by atoms with E-state index in [9.17, 15) is 0 Å². The Kier molecular flexibility index (Phi) is 6.09. The number of nitrogens with zero attached hydrogens (tertiary/aromatic N) is 2. The molecule has 0 fully saturated rings. The van der Waals surface area contributed by atoms with E-state index in [1.54, 1.807) is 0 Å². The average Bonchev–Trinajstić information content (AvgIpc) is 3.76. The van der Waals surface area contributed by atoms with E-state index in [2.05, 4.69) is 203 Å². The van der Waals surface area contributed by atoms with Crippen LogP contribution in [0.1, 0.15) is 0 Å². The lowest BCUT2D eigenvalue weighted by Gasteiger charge is -2.13. The lowest BCUT2D eigenvalue weighted by atomic mass is 9.93. The minimum absolute atomic E-state index is 1.15. The standard InChI is InChI=1S/C52H32N2/c1-2-13-36(14-3-1)53-49-21-11-10-20-43(49)44-28-25-35(30-50(44)53)33-22-26-37(27-23-33)54-51-32-47-42-19-9-7-17-40(42)39-16-6-8-18-41(39)46(47)31-48(51)45-29-24-34-12-4-5-15-38(34)52(45)54/h1-32H. The van der Waals surface area contributed by atoms with Gasteiger partial charge in [0.2, 0.25) is 0 Å². The van der Waals surface area contributed by atoms with Crippen molar-refractivity contribution >= 4 is 86.7 Å². The number of benzene rings is 10. The molecule has 2 heterocycles. The van der Waals surface area contributed by atoms with Crippen molar-refractivity contribution in [3.8, 4) is 22.5 Å². The summed E-state index contributed by atoms with van der Waals surface area (Å²) in [5.74, 6) is 0. The lowest BCUT2D eigenvalue weighted by Crippen LogP contribution is -1.95. The second-order valence-corrected chi connectivity index (χ2v) is 14.5. The van der Waals surface area contributed by atoms with E-state index in [0.717, 1.165) is 5.69 Å². The SMILES string of the molecule is c1ccc(-n2c3ccccc3c3ccc(-c4ccc(-n5c6cc7c8ccccc8c8ccccc8c7cc6c6ccc7ccccc7c65)cc4)cc32)cc1. The predicted molar refractivity (Wildman–Crippen MR) is 231 cm³/mol. The van der Waals surface area contributed by atoms with E-state index in [1.807, 2.05) is 0 Å². The van der Waals surface area contributed by atoms with Crippen LogP contribution in [-0.4, -0.2) is 9.13 Å². The molecule has 0 N–H and O–H groups in total.